The predicted molar refractivity (Wildman–Crippen MR) is 45.9 cm³/mol. The SMILES string of the molecule is CC1(n2nnnc2N)CCOCC1. The summed E-state index contributed by atoms with van der Waals surface area (Å²) in [5, 5.41) is 11.1. The number of aromatic nitrogens is 4. The summed E-state index contributed by atoms with van der Waals surface area (Å²) < 4.78 is 6.97. The molecule has 0 aliphatic carbocycles. The molecule has 0 aromatic carbocycles. The number of nitrogen functional groups attached to an aromatic ring is 1. The normalized spacial score (nSPS) is 21.6. The largest absolute Gasteiger partial charge is 0.381 e. The van der Waals surface area contributed by atoms with Crippen LogP contribution in [0.2, 0.25) is 0 Å². The smallest absolute Gasteiger partial charge is 0.240 e. The molecule has 1 aromatic heterocycles. The fourth-order valence-corrected chi connectivity index (χ4v) is 1.60. The molecule has 2 N–H and O–H groups in total. The Kier molecular flexibility index (Phi) is 1.91. The van der Waals surface area contributed by atoms with E-state index in [1.165, 1.54) is 0 Å². The Hall–Kier alpha value is -1.17. The van der Waals surface area contributed by atoms with E-state index in [2.05, 4.69) is 22.4 Å². The van der Waals surface area contributed by atoms with Gasteiger partial charge in [0.25, 0.3) is 0 Å². The molecule has 1 aromatic rings. The maximum absolute atomic E-state index is 5.64. The van der Waals surface area contributed by atoms with Crippen molar-refractivity contribution in [2.24, 2.45) is 0 Å². The molecule has 1 aliphatic rings. The van der Waals surface area contributed by atoms with Gasteiger partial charge in [-0.2, -0.15) is 0 Å². The van der Waals surface area contributed by atoms with Crippen LogP contribution in [-0.4, -0.2) is 33.4 Å². The maximum Gasteiger partial charge on any atom is 0.240 e. The van der Waals surface area contributed by atoms with Gasteiger partial charge < -0.3 is 10.5 Å². The van der Waals surface area contributed by atoms with Crippen LogP contribution in [0.25, 0.3) is 0 Å². The van der Waals surface area contributed by atoms with Crippen molar-refractivity contribution in [1.82, 2.24) is 20.2 Å². The Labute approximate surface area is 76.1 Å². The number of tetrazole rings is 1. The topological polar surface area (TPSA) is 78.9 Å². The first-order valence-corrected chi connectivity index (χ1v) is 4.34. The highest BCUT2D eigenvalue weighted by Gasteiger charge is 2.32. The molecule has 1 saturated heterocycles. The third kappa shape index (κ3) is 1.37. The van der Waals surface area contributed by atoms with E-state index in [9.17, 15) is 0 Å². The zero-order chi connectivity index (χ0) is 9.31. The molecule has 0 saturated carbocycles. The summed E-state index contributed by atoms with van der Waals surface area (Å²) in [7, 11) is 0. The third-order valence-electron chi connectivity index (χ3n) is 2.57. The van der Waals surface area contributed by atoms with Gasteiger partial charge in [0, 0.05) is 13.2 Å². The fraction of sp³-hybridized carbons (Fsp3) is 0.857. The summed E-state index contributed by atoms with van der Waals surface area (Å²) in [5.74, 6) is 0.379. The van der Waals surface area contributed by atoms with Crippen LogP contribution >= 0.6 is 0 Å². The summed E-state index contributed by atoms with van der Waals surface area (Å²) in [6.45, 7) is 3.59. The van der Waals surface area contributed by atoms with Crippen molar-refractivity contribution < 1.29 is 4.74 Å². The average Bonchev–Trinajstić information content (AvgIpc) is 2.53. The Morgan fingerprint density at radius 2 is 2.15 bits per heavy atom. The van der Waals surface area contributed by atoms with Gasteiger partial charge >= 0.3 is 0 Å². The molecular weight excluding hydrogens is 170 g/mol. The molecule has 1 aliphatic heterocycles. The highest BCUT2D eigenvalue weighted by atomic mass is 16.5. The molecule has 2 heterocycles. The number of nitrogens with two attached hydrogens (primary N) is 1. The van der Waals surface area contributed by atoms with Crippen molar-refractivity contribution >= 4 is 5.95 Å². The molecule has 13 heavy (non-hydrogen) atoms. The fourth-order valence-electron chi connectivity index (χ4n) is 1.60. The van der Waals surface area contributed by atoms with Crippen molar-refractivity contribution in [3.05, 3.63) is 0 Å². The molecule has 0 unspecified atom stereocenters. The molecule has 6 nitrogen and oxygen atoms in total. The van der Waals surface area contributed by atoms with Crippen LogP contribution in [-0.2, 0) is 10.3 Å². The van der Waals surface area contributed by atoms with Crippen molar-refractivity contribution in [1.29, 1.82) is 0 Å². The van der Waals surface area contributed by atoms with Crippen LogP contribution in [0, 0.1) is 0 Å². The van der Waals surface area contributed by atoms with Gasteiger partial charge in [-0.15, -0.1) is 0 Å². The van der Waals surface area contributed by atoms with Crippen LogP contribution in [0.5, 0.6) is 0 Å². The van der Waals surface area contributed by atoms with Crippen LogP contribution in [0.4, 0.5) is 5.95 Å². The molecule has 0 atom stereocenters. The summed E-state index contributed by atoms with van der Waals surface area (Å²) in [6, 6.07) is 0. The number of hydrogen-bond donors (Lipinski definition) is 1. The number of rotatable bonds is 1. The third-order valence-corrected chi connectivity index (χ3v) is 2.57. The summed E-state index contributed by atoms with van der Waals surface area (Å²) in [4.78, 5) is 0. The lowest BCUT2D eigenvalue weighted by Gasteiger charge is -2.33. The Bertz CT molecular complexity index is 291. The second-order valence-electron chi connectivity index (χ2n) is 3.56. The predicted octanol–water partition coefficient (Wildman–Crippen LogP) is -0.219. The molecule has 0 radical (unpaired) electrons. The first-order valence-electron chi connectivity index (χ1n) is 4.34. The van der Waals surface area contributed by atoms with E-state index < -0.39 is 0 Å². The number of anilines is 1. The zero-order valence-corrected chi connectivity index (χ0v) is 7.60. The van der Waals surface area contributed by atoms with Gasteiger partial charge in [0.05, 0.1) is 5.54 Å². The van der Waals surface area contributed by atoms with E-state index in [0.29, 0.717) is 5.95 Å². The molecule has 2 rings (SSSR count). The van der Waals surface area contributed by atoms with E-state index >= 15 is 0 Å². The standard InChI is InChI=1S/C7H13N5O/c1-7(2-4-13-5-3-7)12-6(8)9-10-11-12/h2-5H2,1H3,(H2,8,9,11). The molecule has 0 bridgehead atoms. The minimum Gasteiger partial charge on any atom is -0.381 e. The van der Waals surface area contributed by atoms with Crippen LogP contribution in [0.3, 0.4) is 0 Å². The van der Waals surface area contributed by atoms with Crippen LogP contribution in [0.15, 0.2) is 0 Å². The van der Waals surface area contributed by atoms with E-state index in [-0.39, 0.29) is 5.54 Å². The summed E-state index contributed by atoms with van der Waals surface area (Å²) in [6.07, 6.45) is 1.81. The van der Waals surface area contributed by atoms with Gasteiger partial charge in [0.1, 0.15) is 0 Å². The van der Waals surface area contributed by atoms with Crippen LogP contribution in [0.1, 0.15) is 19.8 Å². The highest BCUT2D eigenvalue weighted by Crippen LogP contribution is 2.28. The first kappa shape index (κ1) is 8.43. The molecule has 0 spiro atoms. The lowest BCUT2D eigenvalue weighted by Crippen LogP contribution is -2.38. The van der Waals surface area contributed by atoms with E-state index in [4.69, 9.17) is 10.5 Å². The summed E-state index contributed by atoms with van der Waals surface area (Å²) >= 11 is 0. The van der Waals surface area contributed by atoms with Crippen molar-refractivity contribution in [2.45, 2.75) is 25.3 Å². The van der Waals surface area contributed by atoms with Crippen molar-refractivity contribution in [3.63, 3.8) is 0 Å². The number of nitrogens with zero attached hydrogens (tertiary/aromatic N) is 4. The van der Waals surface area contributed by atoms with Crippen molar-refractivity contribution in [2.75, 3.05) is 18.9 Å². The number of hydrogen-bond acceptors (Lipinski definition) is 5. The zero-order valence-electron chi connectivity index (χ0n) is 7.60. The Balaban J connectivity index is 2.27. The first-order chi connectivity index (χ1) is 6.22. The van der Waals surface area contributed by atoms with Crippen LogP contribution < -0.4 is 5.73 Å². The van der Waals surface area contributed by atoms with Gasteiger partial charge in [0.2, 0.25) is 5.95 Å². The molecule has 1 fully saturated rings. The average molecular weight is 183 g/mol. The Morgan fingerprint density at radius 1 is 1.46 bits per heavy atom. The monoisotopic (exact) mass is 183 g/mol. The molecule has 6 heteroatoms. The lowest BCUT2D eigenvalue weighted by atomic mass is 9.93. The second-order valence-corrected chi connectivity index (χ2v) is 3.56. The minimum absolute atomic E-state index is 0.0775. The van der Waals surface area contributed by atoms with Gasteiger partial charge in [-0.25, -0.2) is 4.68 Å². The van der Waals surface area contributed by atoms with Gasteiger partial charge in [0.15, 0.2) is 0 Å². The van der Waals surface area contributed by atoms with E-state index in [1.54, 1.807) is 4.68 Å². The second kappa shape index (κ2) is 2.95. The molecule has 72 valence electrons. The van der Waals surface area contributed by atoms with E-state index in [1.807, 2.05) is 0 Å². The van der Waals surface area contributed by atoms with Gasteiger partial charge in [-0.05, 0) is 30.2 Å². The highest BCUT2D eigenvalue weighted by molar-refractivity contribution is 5.13. The Morgan fingerprint density at radius 3 is 2.69 bits per heavy atom. The molecular formula is C7H13N5O. The summed E-state index contributed by atoms with van der Waals surface area (Å²) in [5.41, 5.74) is 5.57. The minimum atomic E-state index is -0.0775. The quantitative estimate of drug-likeness (QED) is 0.651. The van der Waals surface area contributed by atoms with Gasteiger partial charge in [-0.3, -0.25) is 0 Å². The number of ether oxygens (including phenoxy) is 1. The molecule has 0 amide bonds. The lowest BCUT2D eigenvalue weighted by molar-refractivity contribution is 0.0243. The van der Waals surface area contributed by atoms with E-state index in [0.717, 1.165) is 26.1 Å². The van der Waals surface area contributed by atoms with Crippen molar-refractivity contribution in [3.8, 4) is 0 Å². The maximum atomic E-state index is 5.64. The van der Waals surface area contributed by atoms with Gasteiger partial charge in [-0.1, -0.05) is 5.10 Å².